The third kappa shape index (κ3) is 4.77. The first-order chi connectivity index (χ1) is 11.9. The summed E-state index contributed by atoms with van der Waals surface area (Å²) in [5.41, 5.74) is 6.14. The molecule has 0 radical (unpaired) electrons. The molecule has 8 nitrogen and oxygen atoms in total. The van der Waals surface area contributed by atoms with Gasteiger partial charge in [0.25, 0.3) is 11.6 Å². The number of nitrogen functional groups attached to an aromatic ring is 1. The number of hydrogen-bond acceptors (Lipinski definition) is 6. The first kappa shape index (κ1) is 17.9. The number of nitrogens with two attached hydrogens (primary N) is 1. The van der Waals surface area contributed by atoms with Crippen molar-refractivity contribution in [3.05, 3.63) is 69.8 Å². The van der Waals surface area contributed by atoms with E-state index in [1.807, 2.05) is 30.3 Å². The number of nitrogens with one attached hydrogen (secondary N) is 1. The summed E-state index contributed by atoms with van der Waals surface area (Å²) >= 11 is 0. The lowest BCUT2D eigenvalue weighted by Gasteiger charge is -2.14. The molecule has 2 aromatic rings. The molecule has 0 heterocycles. The molecule has 130 valence electrons. The SMILES string of the molecule is CC(OC(=O)c1cc([N+](=O)[O-])ccc1N)C(=O)NCc1ccccc1. The second-order valence-corrected chi connectivity index (χ2v) is 5.28. The van der Waals surface area contributed by atoms with Gasteiger partial charge in [0, 0.05) is 24.4 Å². The molecule has 0 aromatic heterocycles. The van der Waals surface area contributed by atoms with Crippen LogP contribution in [0.2, 0.25) is 0 Å². The van der Waals surface area contributed by atoms with Gasteiger partial charge in [-0.3, -0.25) is 14.9 Å². The lowest BCUT2D eigenvalue weighted by atomic mass is 10.1. The third-order valence-corrected chi connectivity index (χ3v) is 3.43. The molecule has 1 atom stereocenters. The van der Waals surface area contributed by atoms with Crippen molar-refractivity contribution in [2.45, 2.75) is 19.6 Å². The van der Waals surface area contributed by atoms with Crippen LogP contribution in [0.4, 0.5) is 11.4 Å². The highest BCUT2D eigenvalue weighted by molar-refractivity contribution is 5.97. The zero-order valence-corrected chi connectivity index (χ0v) is 13.5. The van der Waals surface area contributed by atoms with E-state index in [1.54, 1.807) is 0 Å². The second kappa shape index (κ2) is 7.91. The molecule has 0 bridgehead atoms. The van der Waals surface area contributed by atoms with Gasteiger partial charge in [-0.1, -0.05) is 30.3 Å². The van der Waals surface area contributed by atoms with Crippen LogP contribution in [-0.4, -0.2) is 22.9 Å². The van der Waals surface area contributed by atoms with Crippen LogP contribution in [0.15, 0.2) is 48.5 Å². The third-order valence-electron chi connectivity index (χ3n) is 3.43. The zero-order chi connectivity index (χ0) is 18.4. The van der Waals surface area contributed by atoms with E-state index in [-0.39, 0.29) is 16.9 Å². The van der Waals surface area contributed by atoms with Crippen LogP contribution in [0, 0.1) is 10.1 Å². The molecule has 2 aromatic carbocycles. The van der Waals surface area contributed by atoms with Crippen LogP contribution in [0.3, 0.4) is 0 Å². The van der Waals surface area contributed by atoms with Crippen molar-refractivity contribution in [2.75, 3.05) is 5.73 Å². The number of nitrogens with zero attached hydrogens (tertiary/aromatic N) is 1. The van der Waals surface area contributed by atoms with Crippen molar-refractivity contribution in [1.82, 2.24) is 5.32 Å². The molecule has 0 fully saturated rings. The Kier molecular flexibility index (Phi) is 5.67. The molecule has 8 heteroatoms. The average Bonchev–Trinajstić information content (AvgIpc) is 2.60. The highest BCUT2D eigenvalue weighted by atomic mass is 16.6. The summed E-state index contributed by atoms with van der Waals surface area (Å²) in [4.78, 5) is 34.3. The number of ether oxygens (including phenoxy) is 1. The van der Waals surface area contributed by atoms with Crippen LogP contribution in [0.25, 0.3) is 0 Å². The van der Waals surface area contributed by atoms with E-state index >= 15 is 0 Å². The van der Waals surface area contributed by atoms with Crippen molar-refractivity contribution in [3.8, 4) is 0 Å². The van der Waals surface area contributed by atoms with Crippen molar-refractivity contribution < 1.29 is 19.2 Å². The van der Waals surface area contributed by atoms with Crippen molar-refractivity contribution in [1.29, 1.82) is 0 Å². The summed E-state index contributed by atoms with van der Waals surface area (Å²) < 4.78 is 5.05. The van der Waals surface area contributed by atoms with Crippen LogP contribution in [-0.2, 0) is 16.1 Å². The smallest absolute Gasteiger partial charge is 0.341 e. The summed E-state index contributed by atoms with van der Waals surface area (Å²) in [7, 11) is 0. The summed E-state index contributed by atoms with van der Waals surface area (Å²) in [6.45, 7) is 1.70. The van der Waals surface area contributed by atoms with Crippen LogP contribution in [0.1, 0.15) is 22.8 Å². The van der Waals surface area contributed by atoms with E-state index in [9.17, 15) is 19.7 Å². The van der Waals surface area contributed by atoms with Gasteiger partial charge in [-0.05, 0) is 18.6 Å². The topological polar surface area (TPSA) is 125 Å². The molecule has 0 aliphatic rings. The summed E-state index contributed by atoms with van der Waals surface area (Å²) in [5, 5.41) is 13.4. The Morgan fingerprint density at radius 2 is 1.92 bits per heavy atom. The molecular weight excluding hydrogens is 326 g/mol. The standard InChI is InChI=1S/C17H17N3O5/c1-11(16(21)19-10-12-5-3-2-4-6-12)25-17(22)14-9-13(20(23)24)7-8-15(14)18/h2-9,11H,10,18H2,1H3,(H,19,21). The molecule has 0 aliphatic carbocycles. The van der Waals surface area contributed by atoms with E-state index in [4.69, 9.17) is 10.5 Å². The zero-order valence-electron chi connectivity index (χ0n) is 13.5. The minimum atomic E-state index is -1.07. The van der Waals surface area contributed by atoms with Gasteiger partial charge in [-0.2, -0.15) is 0 Å². The van der Waals surface area contributed by atoms with Crippen molar-refractivity contribution in [2.24, 2.45) is 0 Å². The Morgan fingerprint density at radius 1 is 1.24 bits per heavy atom. The molecule has 1 unspecified atom stereocenters. The molecule has 25 heavy (non-hydrogen) atoms. The number of carbonyl (C=O) groups excluding carboxylic acids is 2. The van der Waals surface area contributed by atoms with Gasteiger partial charge in [0.05, 0.1) is 10.5 Å². The number of amides is 1. The number of nitro groups is 1. The highest BCUT2D eigenvalue weighted by Crippen LogP contribution is 2.21. The number of carbonyl (C=O) groups is 2. The van der Waals surface area contributed by atoms with Gasteiger partial charge >= 0.3 is 5.97 Å². The Bertz CT molecular complexity index is 792. The Labute approximate surface area is 143 Å². The highest BCUT2D eigenvalue weighted by Gasteiger charge is 2.22. The second-order valence-electron chi connectivity index (χ2n) is 5.28. The maximum absolute atomic E-state index is 12.1. The monoisotopic (exact) mass is 343 g/mol. The first-order valence-electron chi connectivity index (χ1n) is 7.45. The van der Waals surface area contributed by atoms with Gasteiger partial charge in [-0.25, -0.2) is 4.79 Å². The van der Waals surface area contributed by atoms with Gasteiger partial charge in [-0.15, -0.1) is 0 Å². The Morgan fingerprint density at radius 3 is 2.56 bits per heavy atom. The molecule has 0 aliphatic heterocycles. The van der Waals surface area contributed by atoms with Crippen molar-refractivity contribution >= 4 is 23.3 Å². The summed E-state index contributed by atoms with van der Waals surface area (Å²) in [6, 6.07) is 12.7. The van der Waals surface area contributed by atoms with Crippen LogP contribution >= 0.6 is 0 Å². The molecule has 0 spiro atoms. The molecule has 2 rings (SSSR count). The lowest BCUT2D eigenvalue weighted by Crippen LogP contribution is -2.35. The predicted molar refractivity (Wildman–Crippen MR) is 90.7 cm³/mol. The molecular formula is C17H17N3O5. The average molecular weight is 343 g/mol. The lowest BCUT2D eigenvalue weighted by molar-refractivity contribution is -0.384. The number of esters is 1. The molecule has 0 saturated carbocycles. The number of rotatable bonds is 6. The maximum Gasteiger partial charge on any atom is 0.341 e. The minimum Gasteiger partial charge on any atom is -0.449 e. The van der Waals surface area contributed by atoms with E-state index in [1.165, 1.54) is 19.1 Å². The van der Waals surface area contributed by atoms with E-state index < -0.39 is 22.9 Å². The van der Waals surface area contributed by atoms with Crippen LogP contribution in [0.5, 0.6) is 0 Å². The number of anilines is 1. The molecule has 1 amide bonds. The maximum atomic E-state index is 12.1. The van der Waals surface area contributed by atoms with Gasteiger partial charge < -0.3 is 15.8 Å². The Hall–Kier alpha value is -3.42. The number of hydrogen-bond donors (Lipinski definition) is 2. The Balaban J connectivity index is 1.98. The number of nitro benzene ring substituents is 1. The fourth-order valence-electron chi connectivity index (χ4n) is 2.04. The fourth-order valence-corrected chi connectivity index (χ4v) is 2.04. The van der Waals surface area contributed by atoms with E-state index in [0.717, 1.165) is 11.6 Å². The molecule has 3 N–H and O–H groups in total. The van der Waals surface area contributed by atoms with Crippen molar-refractivity contribution in [3.63, 3.8) is 0 Å². The summed E-state index contributed by atoms with van der Waals surface area (Å²) in [6.07, 6.45) is -1.07. The summed E-state index contributed by atoms with van der Waals surface area (Å²) in [5.74, 6) is -1.38. The number of benzene rings is 2. The van der Waals surface area contributed by atoms with Gasteiger partial charge in [0.1, 0.15) is 0 Å². The fraction of sp³-hybridized carbons (Fsp3) is 0.176. The largest absolute Gasteiger partial charge is 0.449 e. The first-order valence-corrected chi connectivity index (χ1v) is 7.45. The normalized spacial score (nSPS) is 11.4. The predicted octanol–water partition coefficient (Wildman–Crippen LogP) is 2.04. The van der Waals surface area contributed by atoms with Gasteiger partial charge in [0.15, 0.2) is 6.10 Å². The number of non-ortho nitro benzene ring substituents is 1. The van der Waals surface area contributed by atoms with Gasteiger partial charge in [0.2, 0.25) is 0 Å². The molecule has 0 saturated heterocycles. The quantitative estimate of drug-likeness (QED) is 0.358. The van der Waals surface area contributed by atoms with E-state index in [2.05, 4.69) is 5.32 Å². The van der Waals surface area contributed by atoms with E-state index in [0.29, 0.717) is 6.54 Å². The van der Waals surface area contributed by atoms with Crippen LogP contribution < -0.4 is 11.1 Å². The minimum absolute atomic E-state index is 0.0347.